The number of nitrogens with one attached hydrogen (secondary N) is 2. The average molecular weight is 405 g/mol. The van der Waals surface area contributed by atoms with Gasteiger partial charge in [-0.25, -0.2) is 4.79 Å². The van der Waals surface area contributed by atoms with Crippen molar-refractivity contribution in [1.82, 2.24) is 15.1 Å². The molecule has 154 valence electrons. The zero-order chi connectivity index (χ0) is 19.3. The molecule has 2 amide bonds. The molecule has 4 atom stereocenters. The van der Waals surface area contributed by atoms with Crippen molar-refractivity contribution in [3.63, 3.8) is 0 Å². The molecular formula is C21H32N4O2S. The molecule has 7 heteroatoms. The van der Waals surface area contributed by atoms with E-state index in [9.17, 15) is 4.79 Å². The van der Waals surface area contributed by atoms with Gasteiger partial charge in [-0.2, -0.15) is 0 Å². The number of amides is 2. The standard InChI is InChI=1S/C21H32N4O2S/c1-28-20-4-2-3-18(12-20)23-21(26)22-13-19-11-16-5-6-25(19)15-17(16)14-24-7-9-27-10-8-24/h2-4,12,16-17,19H,5-11,13-15H2,1H3,(H2,22,23,26). The van der Waals surface area contributed by atoms with Gasteiger partial charge in [0, 0.05) is 49.3 Å². The summed E-state index contributed by atoms with van der Waals surface area (Å²) in [5, 5.41) is 6.06. The fourth-order valence-corrected chi connectivity index (χ4v) is 5.33. The molecule has 28 heavy (non-hydrogen) atoms. The van der Waals surface area contributed by atoms with Gasteiger partial charge in [-0.3, -0.25) is 9.80 Å². The van der Waals surface area contributed by atoms with Crippen LogP contribution in [0.1, 0.15) is 12.8 Å². The van der Waals surface area contributed by atoms with Crippen molar-refractivity contribution in [3.05, 3.63) is 24.3 Å². The summed E-state index contributed by atoms with van der Waals surface area (Å²) in [7, 11) is 0. The minimum Gasteiger partial charge on any atom is -0.379 e. The largest absolute Gasteiger partial charge is 0.379 e. The predicted octanol–water partition coefficient (Wildman–Crippen LogP) is 2.57. The van der Waals surface area contributed by atoms with E-state index in [-0.39, 0.29) is 6.03 Å². The number of piperidine rings is 3. The molecule has 4 saturated heterocycles. The Morgan fingerprint density at radius 1 is 1.29 bits per heavy atom. The minimum absolute atomic E-state index is 0.106. The second-order valence-corrected chi connectivity index (χ2v) is 9.05. The van der Waals surface area contributed by atoms with Gasteiger partial charge in [-0.05, 0) is 55.7 Å². The van der Waals surface area contributed by atoms with Crippen LogP contribution in [-0.4, -0.2) is 80.6 Å². The van der Waals surface area contributed by atoms with E-state index in [1.54, 1.807) is 11.8 Å². The molecule has 0 radical (unpaired) electrons. The molecule has 0 spiro atoms. The maximum absolute atomic E-state index is 12.3. The molecular weight excluding hydrogens is 372 g/mol. The second kappa shape index (κ2) is 9.48. The lowest BCUT2D eigenvalue weighted by atomic mass is 9.75. The van der Waals surface area contributed by atoms with Crippen LogP contribution in [-0.2, 0) is 4.74 Å². The van der Waals surface area contributed by atoms with Crippen LogP contribution in [0.2, 0.25) is 0 Å². The predicted molar refractivity (Wildman–Crippen MR) is 114 cm³/mol. The van der Waals surface area contributed by atoms with Crippen LogP contribution < -0.4 is 10.6 Å². The number of urea groups is 1. The third-order valence-electron chi connectivity index (χ3n) is 6.44. The van der Waals surface area contributed by atoms with Crippen molar-refractivity contribution >= 4 is 23.5 Å². The van der Waals surface area contributed by atoms with Crippen LogP contribution >= 0.6 is 11.8 Å². The summed E-state index contributed by atoms with van der Waals surface area (Å²) in [6.07, 6.45) is 4.55. The van der Waals surface area contributed by atoms with Crippen molar-refractivity contribution in [2.75, 3.05) is 64.1 Å². The van der Waals surface area contributed by atoms with E-state index >= 15 is 0 Å². The summed E-state index contributed by atoms with van der Waals surface area (Å²) < 4.78 is 5.48. The Kier molecular flexibility index (Phi) is 6.77. The Hall–Kier alpha value is -1.28. The SMILES string of the molecule is CSc1cccc(NC(=O)NCC2CC3CCN2CC3CN2CCOCC2)c1. The van der Waals surface area contributed by atoms with Crippen LogP contribution in [0.4, 0.5) is 10.5 Å². The molecule has 2 bridgehead atoms. The molecule has 0 aliphatic carbocycles. The molecule has 4 heterocycles. The number of anilines is 1. The number of fused-ring (bicyclic) bond motifs is 3. The number of benzene rings is 1. The topological polar surface area (TPSA) is 56.8 Å². The van der Waals surface area contributed by atoms with Crippen molar-refractivity contribution in [1.29, 1.82) is 0 Å². The Bertz CT molecular complexity index is 668. The molecule has 0 aromatic heterocycles. The number of thioether (sulfide) groups is 1. The van der Waals surface area contributed by atoms with Crippen LogP contribution in [0.15, 0.2) is 29.2 Å². The van der Waals surface area contributed by atoms with Crippen molar-refractivity contribution < 1.29 is 9.53 Å². The Labute approximate surface area is 172 Å². The van der Waals surface area contributed by atoms with Crippen molar-refractivity contribution in [2.24, 2.45) is 11.8 Å². The van der Waals surface area contributed by atoms with Gasteiger partial charge in [0.2, 0.25) is 0 Å². The number of ether oxygens (including phenoxy) is 1. The summed E-state index contributed by atoms with van der Waals surface area (Å²) in [4.78, 5) is 18.6. The maximum atomic E-state index is 12.3. The zero-order valence-corrected chi connectivity index (χ0v) is 17.5. The summed E-state index contributed by atoms with van der Waals surface area (Å²) in [5.41, 5.74) is 0.848. The van der Waals surface area contributed by atoms with Crippen LogP contribution in [0.25, 0.3) is 0 Å². The maximum Gasteiger partial charge on any atom is 0.319 e. The van der Waals surface area contributed by atoms with E-state index in [1.807, 2.05) is 30.5 Å². The molecule has 2 N–H and O–H groups in total. The highest BCUT2D eigenvalue weighted by molar-refractivity contribution is 7.98. The number of carbonyl (C=O) groups excluding carboxylic acids is 1. The molecule has 1 aromatic rings. The molecule has 4 fully saturated rings. The summed E-state index contributed by atoms with van der Waals surface area (Å²) in [5.74, 6) is 1.56. The van der Waals surface area contributed by atoms with Gasteiger partial charge in [0.05, 0.1) is 13.2 Å². The molecule has 6 nitrogen and oxygen atoms in total. The number of morpholine rings is 1. The van der Waals surface area contributed by atoms with Gasteiger partial charge < -0.3 is 15.4 Å². The van der Waals surface area contributed by atoms with E-state index in [4.69, 9.17) is 4.74 Å². The highest BCUT2D eigenvalue weighted by atomic mass is 32.2. The third-order valence-corrected chi connectivity index (χ3v) is 7.16. The number of hydrogen-bond donors (Lipinski definition) is 2. The van der Waals surface area contributed by atoms with Gasteiger partial charge in [0.1, 0.15) is 0 Å². The Morgan fingerprint density at radius 2 is 2.14 bits per heavy atom. The normalized spacial score (nSPS) is 30.2. The first-order valence-electron chi connectivity index (χ1n) is 10.4. The quantitative estimate of drug-likeness (QED) is 0.714. The second-order valence-electron chi connectivity index (χ2n) is 8.17. The van der Waals surface area contributed by atoms with E-state index in [2.05, 4.69) is 20.4 Å². The van der Waals surface area contributed by atoms with Crippen LogP contribution in [0.3, 0.4) is 0 Å². The van der Waals surface area contributed by atoms with E-state index in [0.717, 1.165) is 55.3 Å². The number of nitrogens with zero attached hydrogens (tertiary/aromatic N) is 2. The monoisotopic (exact) mass is 404 g/mol. The first-order chi connectivity index (χ1) is 13.7. The summed E-state index contributed by atoms with van der Waals surface area (Å²) in [6, 6.07) is 8.33. The average Bonchev–Trinajstić information content (AvgIpc) is 2.74. The highest BCUT2D eigenvalue weighted by Crippen LogP contribution is 2.36. The fourth-order valence-electron chi connectivity index (χ4n) is 4.87. The van der Waals surface area contributed by atoms with E-state index < -0.39 is 0 Å². The van der Waals surface area contributed by atoms with Gasteiger partial charge in [-0.15, -0.1) is 11.8 Å². The molecule has 0 saturated carbocycles. The van der Waals surface area contributed by atoms with E-state index in [0.29, 0.717) is 6.04 Å². The number of rotatable bonds is 6. The van der Waals surface area contributed by atoms with Crippen LogP contribution in [0.5, 0.6) is 0 Å². The first kappa shape index (κ1) is 20.0. The number of carbonyl (C=O) groups is 1. The summed E-state index contributed by atoms with van der Waals surface area (Å²) >= 11 is 1.68. The van der Waals surface area contributed by atoms with Gasteiger partial charge in [0.25, 0.3) is 0 Å². The van der Waals surface area contributed by atoms with Gasteiger partial charge >= 0.3 is 6.03 Å². The Morgan fingerprint density at radius 3 is 2.89 bits per heavy atom. The molecule has 4 aliphatic rings. The Balaban J connectivity index is 1.23. The van der Waals surface area contributed by atoms with Crippen LogP contribution in [0, 0.1) is 11.8 Å². The highest BCUT2D eigenvalue weighted by Gasteiger charge is 2.40. The van der Waals surface area contributed by atoms with Gasteiger partial charge in [0.15, 0.2) is 0 Å². The summed E-state index contributed by atoms with van der Waals surface area (Å²) in [6.45, 7) is 8.19. The first-order valence-corrected chi connectivity index (χ1v) is 11.7. The van der Waals surface area contributed by atoms with Crippen molar-refractivity contribution in [3.8, 4) is 0 Å². The lowest BCUT2D eigenvalue weighted by molar-refractivity contribution is -0.0289. The van der Waals surface area contributed by atoms with Crippen molar-refractivity contribution in [2.45, 2.75) is 23.8 Å². The molecule has 5 rings (SSSR count). The lowest BCUT2D eigenvalue weighted by Crippen LogP contribution is -2.59. The molecule has 1 aromatic carbocycles. The van der Waals surface area contributed by atoms with Gasteiger partial charge in [-0.1, -0.05) is 6.07 Å². The smallest absolute Gasteiger partial charge is 0.319 e. The number of hydrogen-bond acceptors (Lipinski definition) is 5. The molecule has 4 unspecified atom stereocenters. The third kappa shape index (κ3) is 5.00. The fraction of sp³-hybridized carbons (Fsp3) is 0.667. The lowest BCUT2D eigenvalue weighted by Gasteiger charge is -2.51. The minimum atomic E-state index is -0.106. The van der Waals surface area contributed by atoms with E-state index in [1.165, 1.54) is 32.5 Å². The zero-order valence-electron chi connectivity index (χ0n) is 16.7. The molecule has 4 aliphatic heterocycles.